The van der Waals surface area contributed by atoms with Crippen LogP contribution in [0.4, 0.5) is 5.13 Å². The van der Waals surface area contributed by atoms with E-state index >= 15 is 0 Å². The number of H-pyrrole nitrogens is 1. The minimum Gasteiger partial charge on any atom is -0.361 e. The predicted octanol–water partition coefficient (Wildman–Crippen LogP) is 5.19. The third-order valence-electron chi connectivity index (χ3n) is 4.56. The summed E-state index contributed by atoms with van der Waals surface area (Å²) in [7, 11) is 0. The largest absolute Gasteiger partial charge is 0.361 e. The zero-order valence-electron chi connectivity index (χ0n) is 15.4. The highest BCUT2D eigenvalue weighted by Gasteiger charge is 2.11. The van der Waals surface area contributed by atoms with Crippen LogP contribution in [-0.4, -0.2) is 21.1 Å². The van der Waals surface area contributed by atoms with E-state index in [-0.39, 0.29) is 5.91 Å². The number of benzene rings is 2. The third kappa shape index (κ3) is 4.43. The lowest BCUT2D eigenvalue weighted by molar-refractivity contribution is -0.116. The van der Waals surface area contributed by atoms with Crippen molar-refractivity contribution >= 4 is 45.0 Å². The highest BCUT2D eigenvalue weighted by atomic mass is 32.2. The van der Waals surface area contributed by atoms with E-state index in [0.717, 1.165) is 21.2 Å². The number of nitrogens with zero attached hydrogens (tertiary/aromatic N) is 2. The van der Waals surface area contributed by atoms with Crippen LogP contribution in [0.15, 0.2) is 59.1 Å². The molecule has 0 atom stereocenters. The van der Waals surface area contributed by atoms with E-state index in [1.807, 2.05) is 36.5 Å². The molecule has 2 N–H and O–H groups in total. The van der Waals surface area contributed by atoms with Gasteiger partial charge in [-0.05, 0) is 36.1 Å². The van der Waals surface area contributed by atoms with Crippen LogP contribution in [-0.2, 0) is 17.0 Å². The van der Waals surface area contributed by atoms with Crippen LogP contribution in [0.2, 0.25) is 0 Å². The van der Waals surface area contributed by atoms with Crippen LogP contribution in [0.25, 0.3) is 10.9 Å². The van der Waals surface area contributed by atoms with E-state index in [9.17, 15) is 4.79 Å². The van der Waals surface area contributed by atoms with Gasteiger partial charge in [-0.15, -0.1) is 10.2 Å². The van der Waals surface area contributed by atoms with Crippen molar-refractivity contribution in [2.45, 2.75) is 29.9 Å². The molecule has 142 valence electrons. The summed E-state index contributed by atoms with van der Waals surface area (Å²) in [6, 6.07) is 16.4. The van der Waals surface area contributed by atoms with Gasteiger partial charge in [-0.3, -0.25) is 4.79 Å². The molecule has 2 heterocycles. The van der Waals surface area contributed by atoms with Gasteiger partial charge >= 0.3 is 0 Å². The van der Waals surface area contributed by atoms with Crippen LogP contribution < -0.4 is 5.32 Å². The van der Waals surface area contributed by atoms with Crippen LogP contribution in [0, 0.1) is 6.92 Å². The molecule has 0 bridgehead atoms. The second-order valence-corrected chi connectivity index (χ2v) is 8.70. The summed E-state index contributed by atoms with van der Waals surface area (Å²) in [5.41, 5.74) is 4.80. The summed E-state index contributed by atoms with van der Waals surface area (Å²) >= 11 is 3.05. The predicted molar refractivity (Wildman–Crippen MR) is 116 cm³/mol. The maximum Gasteiger partial charge on any atom is 0.226 e. The number of aromatic amines is 1. The fourth-order valence-corrected chi connectivity index (χ4v) is 4.84. The molecule has 7 heteroatoms. The van der Waals surface area contributed by atoms with E-state index in [1.54, 1.807) is 11.8 Å². The Hall–Kier alpha value is -2.64. The van der Waals surface area contributed by atoms with Crippen molar-refractivity contribution < 1.29 is 4.79 Å². The molecule has 0 unspecified atom stereocenters. The second-order valence-electron chi connectivity index (χ2n) is 6.50. The Morgan fingerprint density at radius 1 is 1.11 bits per heavy atom. The molecular weight excluding hydrogens is 388 g/mol. The Labute approximate surface area is 171 Å². The number of nitrogens with one attached hydrogen (secondary N) is 2. The SMILES string of the molecule is Cc1ccccc1CSc1nnc(NC(=O)CCc2c[nH]c3ccccc23)s1. The van der Waals surface area contributed by atoms with Crippen molar-refractivity contribution in [3.05, 3.63) is 71.4 Å². The molecule has 0 saturated heterocycles. The summed E-state index contributed by atoms with van der Waals surface area (Å²) < 4.78 is 0.857. The number of aromatic nitrogens is 3. The molecule has 0 aliphatic rings. The van der Waals surface area contributed by atoms with E-state index in [0.29, 0.717) is 18.0 Å². The lowest BCUT2D eigenvalue weighted by atomic mass is 10.1. The van der Waals surface area contributed by atoms with E-state index in [2.05, 4.69) is 45.6 Å². The second kappa shape index (κ2) is 8.58. The lowest BCUT2D eigenvalue weighted by Crippen LogP contribution is -2.12. The number of para-hydroxylation sites is 1. The molecule has 0 aliphatic carbocycles. The normalized spacial score (nSPS) is 11.0. The summed E-state index contributed by atoms with van der Waals surface area (Å²) in [5, 5.41) is 12.9. The topological polar surface area (TPSA) is 70.7 Å². The van der Waals surface area contributed by atoms with E-state index < -0.39 is 0 Å². The molecule has 0 fully saturated rings. The molecule has 0 aliphatic heterocycles. The van der Waals surface area contributed by atoms with Crippen LogP contribution >= 0.6 is 23.1 Å². The van der Waals surface area contributed by atoms with Gasteiger partial charge in [0.05, 0.1) is 0 Å². The van der Waals surface area contributed by atoms with Gasteiger partial charge in [-0.2, -0.15) is 0 Å². The monoisotopic (exact) mass is 408 g/mol. The van der Waals surface area contributed by atoms with Crippen LogP contribution in [0.3, 0.4) is 0 Å². The lowest BCUT2D eigenvalue weighted by Gasteiger charge is -2.02. The zero-order chi connectivity index (χ0) is 19.3. The quantitative estimate of drug-likeness (QED) is 0.326. The first-order valence-corrected chi connectivity index (χ1v) is 10.8. The fourth-order valence-electron chi connectivity index (χ4n) is 3.00. The number of anilines is 1. The first-order chi connectivity index (χ1) is 13.7. The standard InChI is InChI=1S/C21H20N4OS2/c1-14-6-2-3-7-16(14)13-27-21-25-24-20(28-21)23-19(26)11-10-15-12-22-18-9-5-4-8-17(15)18/h2-9,12,22H,10-11,13H2,1H3,(H,23,24,26). The first-order valence-electron chi connectivity index (χ1n) is 9.05. The highest BCUT2D eigenvalue weighted by molar-refractivity contribution is 8.00. The molecule has 0 radical (unpaired) electrons. The molecule has 4 aromatic rings. The van der Waals surface area contributed by atoms with E-state index in [4.69, 9.17) is 0 Å². The van der Waals surface area contributed by atoms with Crippen molar-refractivity contribution in [2.75, 3.05) is 5.32 Å². The number of carbonyl (C=O) groups excluding carboxylic acids is 1. The minimum absolute atomic E-state index is 0.0446. The van der Waals surface area contributed by atoms with Crippen LogP contribution in [0.5, 0.6) is 0 Å². The molecular formula is C21H20N4OS2. The van der Waals surface area contributed by atoms with Crippen molar-refractivity contribution in [2.24, 2.45) is 0 Å². The smallest absolute Gasteiger partial charge is 0.226 e. The summed E-state index contributed by atoms with van der Waals surface area (Å²) in [6.07, 6.45) is 3.07. The average molecular weight is 409 g/mol. The van der Waals surface area contributed by atoms with E-state index in [1.165, 1.54) is 27.8 Å². The number of carbonyl (C=O) groups is 1. The van der Waals surface area contributed by atoms with Gasteiger partial charge in [0, 0.05) is 29.3 Å². The van der Waals surface area contributed by atoms with Gasteiger partial charge in [-0.25, -0.2) is 0 Å². The van der Waals surface area contributed by atoms with Gasteiger partial charge in [0.25, 0.3) is 0 Å². The number of hydrogen-bond acceptors (Lipinski definition) is 5. The summed E-state index contributed by atoms with van der Waals surface area (Å²) in [5.74, 6) is 0.799. The summed E-state index contributed by atoms with van der Waals surface area (Å²) in [4.78, 5) is 15.5. The van der Waals surface area contributed by atoms with Crippen molar-refractivity contribution in [3.8, 4) is 0 Å². The fraction of sp³-hybridized carbons (Fsp3) is 0.190. The molecule has 2 aromatic heterocycles. The van der Waals surface area contributed by atoms with Crippen molar-refractivity contribution in [1.29, 1.82) is 0 Å². The maximum atomic E-state index is 12.3. The molecule has 2 aromatic carbocycles. The Kier molecular flexibility index (Phi) is 5.73. The van der Waals surface area contributed by atoms with Crippen LogP contribution in [0.1, 0.15) is 23.1 Å². The average Bonchev–Trinajstić information content (AvgIpc) is 3.32. The number of aryl methyl sites for hydroxylation is 2. The van der Waals surface area contributed by atoms with Gasteiger partial charge in [0.2, 0.25) is 11.0 Å². The molecule has 0 saturated carbocycles. The maximum absolute atomic E-state index is 12.3. The number of amides is 1. The molecule has 1 amide bonds. The minimum atomic E-state index is -0.0446. The molecule has 0 spiro atoms. The van der Waals surface area contributed by atoms with Gasteiger partial charge in [0.15, 0.2) is 4.34 Å². The molecule has 4 rings (SSSR count). The number of fused-ring (bicyclic) bond motifs is 1. The van der Waals surface area contributed by atoms with Gasteiger partial charge < -0.3 is 10.3 Å². The van der Waals surface area contributed by atoms with Gasteiger partial charge in [0.1, 0.15) is 0 Å². The Morgan fingerprint density at radius 2 is 1.93 bits per heavy atom. The first kappa shape index (κ1) is 18.7. The molecule has 28 heavy (non-hydrogen) atoms. The summed E-state index contributed by atoms with van der Waals surface area (Å²) in [6.45, 7) is 2.11. The Bertz CT molecular complexity index is 1100. The Morgan fingerprint density at radius 3 is 2.82 bits per heavy atom. The number of hydrogen-bond donors (Lipinski definition) is 2. The van der Waals surface area contributed by atoms with Crippen molar-refractivity contribution in [3.63, 3.8) is 0 Å². The Balaban J connectivity index is 1.30. The third-order valence-corrected chi connectivity index (χ3v) is 6.58. The zero-order valence-corrected chi connectivity index (χ0v) is 17.1. The van der Waals surface area contributed by atoms with Crippen molar-refractivity contribution in [1.82, 2.24) is 15.2 Å². The van der Waals surface area contributed by atoms with Gasteiger partial charge in [-0.1, -0.05) is 65.6 Å². The highest BCUT2D eigenvalue weighted by Crippen LogP contribution is 2.29. The molecule has 5 nitrogen and oxygen atoms in total. The number of rotatable bonds is 7. The number of thioether (sulfide) groups is 1.